The smallest absolute Gasteiger partial charge is 0.250 e. The standard InChI is InChI=1S/C27H54N8O10/c1-10-18(37)26(42-9-27(10,3)41)45-22-16(35-24(40)19(38)17(32)15(31)8-36)6-14(30)21(20(22)39)44-25-13(29)5-4-12(43-25)7-34-23(33)11(2)28/h10-22,25-26,36-39,41H,4-9,28-32H2,1-3H3,(H2,33,34)(H,35,40)/t10-,11?,12+,13?,14+,15+,16-,17+,18?,19+,20?,21?,22?,25-,26-,27?/m1/s1. The molecule has 1 aliphatic carbocycles. The summed E-state index contributed by atoms with van der Waals surface area (Å²) in [5.74, 6) is -1.48. The fourth-order valence-electron chi connectivity index (χ4n) is 5.59. The van der Waals surface area contributed by atoms with Crippen molar-refractivity contribution in [3.63, 3.8) is 0 Å². The molecule has 18 nitrogen and oxygen atoms in total. The molecule has 0 radical (unpaired) electrons. The van der Waals surface area contributed by atoms with Crippen LogP contribution in [-0.2, 0) is 23.7 Å². The quantitative estimate of drug-likeness (QED) is 0.0690. The molecule has 3 rings (SSSR count). The Balaban J connectivity index is 1.79. The Morgan fingerprint density at radius 2 is 1.73 bits per heavy atom. The predicted octanol–water partition coefficient (Wildman–Crippen LogP) is -5.81. The van der Waals surface area contributed by atoms with Gasteiger partial charge in [-0.3, -0.25) is 10.2 Å². The van der Waals surface area contributed by atoms with Gasteiger partial charge in [-0.1, -0.05) is 6.92 Å². The Morgan fingerprint density at radius 3 is 2.36 bits per heavy atom. The van der Waals surface area contributed by atoms with Crippen molar-refractivity contribution in [2.24, 2.45) is 34.6 Å². The number of aliphatic hydroxyl groups is 5. The minimum absolute atomic E-state index is 0.0271. The molecule has 7 unspecified atom stereocenters. The van der Waals surface area contributed by atoms with Gasteiger partial charge in [0.15, 0.2) is 12.6 Å². The third-order valence-electron chi connectivity index (χ3n) is 9.05. The van der Waals surface area contributed by atoms with Gasteiger partial charge < -0.3 is 83.8 Å². The molecule has 0 spiro atoms. The summed E-state index contributed by atoms with van der Waals surface area (Å²) >= 11 is 0. The summed E-state index contributed by atoms with van der Waals surface area (Å²) in [6, 6.07) is -5.36. The van der Waals surface area contributed by atoms with E-state index in [9.17, 15) is 30.3 Å². The number of hydrogen-bond donors (Lipinski definition) is 13. The maximum Gasteiger partial charge on any atom is 0.250 e. The third-order valence-corrected chi connectivity index (χ3v) is 9.05. The second-order valence-corrected chi connectivity index (χ2v) is 12.8. The number of hydrogen-bond acceptors (Lipinski definition) is 16. The van der Waals surface area contributed by atoms with Gasteiger partial charge >= 0.3 is 0 Å². The van der Waals surface area contributed by atoms with Gasteiger partial charge in [0.25, 0.3) is 5.91 Å². The highest BCUT2D eigenvalue weighted by atomic mass is 16.7. The lowest BCUT2D eigenvalue weighted by molar-refractivity contribution is -0.314. The van der Waals surface area contributed by atoms with Gasteiger partial charge in [-0.15, -0.1) is 0 Å². The van der Waals surface area contributed by atoms with Crippen molar-refractivity contribution in [2.75, 3.05) is 19.8 Å². The molecule has 18 heteroatoms. The van der Waals surface area contributed by atoms with Crippen molar-refractivity contribution in [1.82, 2.24) is 10.6 Å². The normalized spacial score (nSPS) is 41.8. The monoisotopic (exact) mass is 650 g/mol. The molecule has 16 atom stereocenters. The van der Waals surface area contributed by atoms with Crippen molar-refractivity contribution in [3.8, 4) is 0 Å². The van der Waals surface area contributed by atoms with Crippen LogP contribution in [0.15, 0.2) is 0 Å². The van der Waals surface area contributed by atoms with Gasteiger partial charge in [0.2, 0.25) is 0 Å². The van der Waals surface area contributed by atoms with Crippen LogP contribution in [0.4, 0.5) is 0 Å². The molecule has 0 aromatic carbocycles. The van der Waals surface area contributed by atoms with Gasteiger partial charge in [0, 0.05) is 24.5 Å². The lowest BCUT2D eigenvalue weighted by Crippen LogP contribution is -2.68. The van der Waals surface area contributed by atoms with Crippen molar-refractivity contribution in [2.45, 2.75) is 131 Å². The first kappa shape index (κ1) is 37.8. The summed E-state index contributed by atoms with van der Waals surface area (Å²) in [5.41, 5.74) is 28.7. The fourth-order valence-corrected chi connectivity index (χ4v) is 5.59. The highest BCUT2D eigenvalue weighted by Crippen LogP contribution is 2.34. The van der Waals surface area contributed by atoms with E-state index in [1.165, 1.54) is 6.92 Å². The van der Waals surface area contributed by atoms with Crippen LogP contribution < -0.4 is 39.3 Å². The van der Waals surface area contributed by atoms with Crippen LogP contribution in [0, 0.1) is 11.3 Å². The van der Waals surface area contributed by atoms with E-state index < -0.39 is 103 Å². The number of nitrogens with one attached hydrogen (secondary N) is 3. The minimum Gasteiger partial charge on any atom is -0.395 e. The SMILES string of the molecule is CC(N)C(=N)NC[C@@H]1CCC(N)[C@@H](OC2C(O)C(O[C@H]3OCC(C)(O)[C@H](C)C3O)[C@H](NC(=O)[C@@H](O)[C@@H](N)[C@@H](N)CO)C[C@@H]2N)O1. The summed E-state index contributed by atoms with van der Waals surface area (Å²) in [4.78, 5) is 13.0. The lowest BCUT2D eigenvalue weighted by atomic mass is 9.82. The molecule has 45 heavy (non-hydrogen) atoms. The summed E-state index contributed by atoms with van der Waals surface area (Å²) in [6.45, 7) is 4.35. The average Bonchev–Trinajstić information content (AvgIpc) is 2.99. The number of rotatable bonds is 12. The van der Waals surface area contributed by atoms with E-state index in [-0.39, 0.29) is 31.5 Å². The topological polar surface area (TPSA) is 333 Å². The Labute approximate surface area is 262 Å². The average molecular weight is 651 g/mol. The van der Waals surface area contributed by atoms with E-state index in [4.69, 9.17) is 53.0 Å². The zero-order valence-electron chi connectivity index (χ0n) is 26.1. The zero-order chi connectivity index (χ0) is 33.8. The van der Waals surface area contributed by atoms with E-state index in [1.807, 2.05) is 0 Å². The van der Waals surface area contributed by atoms with Gasteiger partial charge in [-0.2, -0.15) is 0 Å². The molecule has 0 bridgehead atoms. The van der Waals surface area contributed by atoms with Crippen LogP contribution in [0.5, 0.6) is 0 Å². The van der Waals surface area contributed by atoms with Crippen LogP contribution in [0.3, 0.4) is 0 Å². The number of ether oxygens (including phenoxy) is 4. The van der Waals surface area contributed by atoms with Gasteiger partial charge in [0.05, 0.1) is 49.1 Å². The first-order valence-electron chi connectivity index (χ1n) is 15.3. The predicted molar refractivity (Wildman–Crippen MR) is 160 cm³/mol. The van der Waals surface area contributed by atoms with Crippen LogP contribution in [0.25, 0.3) is 0 Å². The molecule has 0 aromatic heterocycles. The molecule has 3 aliphatic rings. The summed E-state index contributed by atoms with van der Waals surface area (Å²) < 4.78 is 23.9. The van der Waals surface area contributed by atoms with Crippen molar-refractivity contribution in [1.29, 1.82) is 5.41 Å². The van der Waals surface area contributed by atoms with E-state index in [2.05, 4.69) is 10.6 Å². The van der Waals surface area contributed by atoms with Crippen LogP contribution in [-0.4, -0.2) is 148 Å². The molecule has 2 aliphatic heterocycles. The number of carbonyl (C=O) groups is 1. The van der Waals surface area contributed by atoms with E-state index in [1.54, 1.807) is 13.8 Å². The van der Waals surface area contributed by atoms with Crippen LogP contribution in [0.2, 0.25) is 0 Å². The van der Waals surface area contributed by atoms with Crippen LogP contribution >= 0.6 is 0 Å². The van der Waals surface area contributed by atoms with E-state index in [0.717, 1.165) is 0 Å². The van der Waals surface area contributed by atoms with E-state index >= 15 is 0 Å². The van der Waals surface area contributed by atoms with Gasteiger partial charge in [-0.05, 0) is 33.1 Å². The fraction of sp³-hybridized carbons (Fsp3) is 0.926. The largest absolute Gasteiger partial charge is 0.395 e. The first-order valence-corrected chi connectivity index (χ1v) is 15.3. The molecular weight excluding hydrogens is 596 g/mol. The second kappa shape index (κ2) is 16.0. The number of amides is 1. The summed E-state index contributed by atoms with van der Waals surface area (Å²) in [7, 11) is 0. The molecule has 262 valence electrons. The molecule has 18 N–H and O–H groups in total. The molecule has 0 aromatic rings. The van der Waals surface area contributed by atoms with E-state index in [0.29, 0.717) is 12.8 Å². The zero-order valence-corrected chi connectivity index (χ0v) is 26.1. The maximum atomic E-state index is 13.0. The van der Waals surface area contributed by atoms with Crippen molar-refractivity contribution in [3.05, 3.63) is 0 Å². The van der Waals surface area contributed by atoms with Gasteiger partial charge in [0.1, 0.15) is 36.4 Å². The van der Waals surface area contributed by atoms with Gasteiger partial charge in [-0.25, -0.2) is 0 Å². The Hall–Kier alpha value is -1.62. The maximum absolute atomic E-state index is 13.0. The first-order chi connectivity index (χ1) is 21.0. The molecule has 1 saturated carbocycles. The summed E-state index contributed by atoms with van der Waals surface area (Å²) in [6.07, 6.45) is -8.67. The van der Waals surface area contributed by atoms with Crippen molar-refractivity contribution >= 4 is 11.7 Å². The Morgan fingerprint density at radius 1 is 1.09 bits per heavy atom. The molecule has 2 saturated heterocycles. The third kappa shape index (κ3) is 9.26. The highest BCUT2D eigenvalue weighted by Gasteiger charge is 2.51. The second-order valence-electron chi connectivity index (χ2n) is 12.8. The van der Waals surface area contributed by atoms with Crippen molar-refractivity contribution < 1.29 is 49.3 Å². The lowest BCUT2D eigenvalue weighted by Gasteiger charge is -2.48. The van der Waals surface area contributed by atoms with Crippen LogP contribution in [0.1, 0.15) is 40.0 Å². The molecule has 3 fully saturated rings. The molecular formula is C27H54N8O10. The number of amidine groups is 1. The minimum atomic E-state index is -1.82. The highest BCUT2D eigenvalue weighted by molar-refractivity contribution is 5.83. The summed E-state index contributed by atoms with van der Waals surface area (Å²) in [5, 5.41) is 66.2. The Bertz CT molecular complexity index is 982. The molecule has 2 heterocycles. The number of nitrogens with two attached hydrogens (primary N) is 5. The number of aliphatic hydroxyl groups excluding tert-OH is 4. The molecule has 1 amide bonds. The number of carbonyl (C=O) groups excluding carboxylic acids is 1. The Kier molecular flexibility index (Phi) is 13.4.